The minimum atomic E-state index is -1.04. The van der Waals surface area contributed by atoms with E-state index in [0.29, 0.717) is 25.5 Å². The summed E-state index contributed by atoms with van der Waals surface area (Å²) >= 11 is 0. The van der Waals surface area contributed by atoms with Gasteiger partial charge in [0.05, 0.1) is 38.0 Å². The highest BCUT2D eigenvalue weighted by Gasteiger charge is 2.26. The summed E-state index contributed by atoms with van der Waals surface area (Å²) in [4.78, 5) is 31.7. The Morgan fingerprint density at radius 2 is 1.81 bits per heavy atom. The summed E-state index contributed by atoms with van der Waals surface area (Å²) in [5.41, 5.74) is -0.408. The van der Waals surface area contributed by atoms with Crippen molar-refractivity contribution in [1.29, 1.82) is 0 Å². The molecule has 0 saturated carbocycles. The summed E-state index contributed by atoms with van der Waals surface area (Å²) < 4.78 is 9.72. The van der Waals surface area contributed by atoms with Crippen LogP contribution in [-0.4, -0.2) is 71.8 Å². The Balaban J connectivity index is 2.12. The molecule has 10 heteroatoms. The minimum Gasteiger partial charge on any atom is -0.394 e. The van der Waals surface area contributed by atoms with Crippen molar-refractivity contribution in [3.8, 4) is 0 Å². The third-order valence-electron chi connectivity index (χ3n) is 4.89. The molecule has 27 heavy (non-hydrogen) atoms. The number of aliphatic hydroxyl groups excluding tert-OH is 2. The van der Waals surface area contributed by atoms with Crippen molar-refractivity contribution in [3.63, 3.8) is 0 Å². The first-order valence-electron chi connectivity index (χ1n) is 9.04. The zero-order valence-electron chi connectivity index (χ0n) is 16.1. The average molecular weight is 381 g/mol. The number of aryl methyl sites for hydroxylation is 1. The zero-order valence-corrected chi connectivity index (χ0v) is 16.1. The molecule has 0 bridgehead atoms. The van der Waals surface area contributed by atoms with Gasteiger partial charge < -0.3 is 19.5 Å². The van der Waals surface area contributed by atoms with Crippen molar-refractivity contribution in [2.24, 2.45) is 14.1 Å². The summed E-state index contributed by atoms with van der Waals surface area (Å²) in [6.45, 7) is 5.46. The fourth-order valence-corrected chi connectivity index (χ4v) is 3.69. The lowest BCUT2D eigenvalue weighted by Crippen LogP contribution is -2.45. The van der Waals surface area contributed by atoms with E-state index >= 15 is 0 Å². The van der Waals surface area contributed by atoms with E-state index in [1.54, 1.807) is 11.6 Å². The number of aliphatic hydroxyl groups is 2. The van der Waals surface area contributed by atoms with Crippen molar-refractivity contribution in [2.75, 3.05) is 19.7 Å². The van der Waals surface area contributed by atoms with Crippen LogP contribution in [0.3, 0.4) is 0 Å². The molecule has 0 amide bonds. The van der Waals surface area contributed by atoms with Crippen LogP contribution in [0.15, 0.2) is 9.59 Å². The molecule has 1 saturated heterocycles. The Morgan fingerprint density at radius 1 is 1.19 bits per heavy atom. The molecule has 2 N–H and O–H groups in total. The number of hydrogen-bond donors (Lipinski definition) is 2. The maximum absolute atomic E-state index is 12.7. The van der Waals surface area contributed by atoms with Crippen molar-refractivity contribution in [1.82, 2.24) is 23.6 Å². The summed E-state index contributed by atoms with van der Waals surface area (Å²) in [5.74, 6) is 0.567. The molecule has 1 aliphatic rings. The van der Waals surface area contributed by atoms with Gasteiger partial charge in [0.25, 0.3) is 5.56 Å². The summed E-state index contributed by atoms with van der Waals surface area (Å²) in [5, 5.41) is 19.2. The molecule has 3 rings (SSSR count). The Bertz CT molecular complexity index is 936. The van der Waals surface area contributed by atoms with Crippen LogP contribution in [0.4, 0.5) is 0 Å². The number of nitrogens with zero attached hydrogens (tertiary/aromatic N) is 5. The van der Waals surface area contributed by atoms with Gasteiger partial charge in [0.15, 0.2) is 11.2 Å². The first kappa shape index (κ1) is 19.7. The number of morpholine rings is 1. The number of aromatic nitrogens is 4. The fraction of sp³-hybridized carbons (Fsp3) is 0.706. The highest BCUT2D eigenvalue weighted by atomic mass is 16.5. The van der Waals surface area contributed by atoms with E-state index in [0.717, 1.165) is 4.57 Å². The predicted molar refractivity (Wildman–Crippen MR) is 98.6 cm³/mol. The topological polar surface area (TPSA) is 115 Å². The number of fused-ring (bicyclic) bond motifs is 1. The second-order valence-corrected chi connectivity index (χ2v) is 7.30. The van der Waals surface area contributed by atoms with Gasteiger partial charge in [-0.2, -0.15) is 0 Å². The standard InChI is InChI=1S/C17H27N5O5/c1-10-5-21(6-11(2)27-10)8-13-18-15-14(22(13)7-12(24)9-23)16(25)20(4)17(26)19(15)3/h10-12,23-24H,5-9H2,1-4H3/t10-,11-,12-/m0/s1. The van der Waals surface area contributed by atoms with Crippen LogP contribution in [0.5, 0.6) is 0 Å². The largest absolute Gasteiger partial charge is 0.394 e. The van der Waals surface area contributed by atoms with Crippen molar-refractivity contribution in [3.05, 3.63) is 26.7 Å². The van der Waals surface area contributed by atoms with Crippen LogP contribution < -0.4 is 11.2 Å². The van der Waals surface area contributed by atoms with Crippen molar-refractivity contribution >= 4 is 11.2 Å². The zero-order chi connectivity index (χ0) is 19.9. The average Bonchev–Trinajstić information content (AvgIpc) is 2.95. The quantitative estimate of drug-likeness (QED) is 0.641. The van der Waals surface area contributed by atoms with Crippen LogP contribution in [-0.2, 0) is 31.9 Å². The summed E-state index contributed by atoms with van der Waals surface area (Å²) in [6.07, 6.45) is -0.885. The molecule has 1 aliphatic heterocycles. The van der Waals surface area contributed by atoms with Crippen molar-refractivity contribution < 1.29 is 14.9 Å². The Hall–Kier alpha value is -2.01. The number of ether oxygens (including phenoxy) is 1. The van der Waals surface area contributed by atoms with E-state index in [9.17, 15) is 19.8 Å². The number of hydrogen-bond acceptors (Lipinski definition) is 7. The Kier molecular flexibility index (Phi) is 5.52. The van der Waals surface area contributed by atoms with E-state index < -0.39 is 24.0 Å². The molecule has 1 fully saturated rings. The smallest absolute Gasteiger partial charge is 0.332 e. The second kappa shape index (κ2) is 7.55. The van der Waals surface area contributed by atoms with Gasteiger partial charge in [-0.3, -0.25) is 18.8 Å². The monoisotopic (exact) mass is 381 g/mol. The maximum Gasteiger partial charge on any atom is 0.332 e. The van der Waals surface area contributed by atoms with Crippen LogP contribution in [0.1, 0.15) is 19.7 Å². The van der Waals surface area contributed by atoms with Crippen LogP contribution in [0, 0.1) is 0 Å². The molecule has 150 valence electrons. The van der Waals surface area contributed by atoms with Crippen LogP contribution in [0.2, 0.25) is 0 Å². The Morgan fingerprint density at radius 3 is 2.41 bits per heavy atom. The number of rotatable bonds is 5. The molecular formula is C17H27N5O5. The molecule has 0 aromatic carbocycles. The predicted octanol–water partition coefficient (Wildman–Crippen LogP) is -1.60. The van der Waals surface area contributed by atoms with Crippen LogP contribution >= 0.6 is 0 Å². The van der Waals surface area contributed by atoms with Crippen molar-refractivity contribution in [2.45, 2.75) is 45.2 Å². The molecule has 3 heterocycles. The lowest BCUT2D eigenvalue weighted by Gasteiger charge is -2.35. The molecule has 0 unspecified atom stereocenters. The minimum absolute atomic E-state index is 0.0191. The molecule has 0 aliphatic carbocycles. The second-order valence-electron chi connectivity index (χ2n) is 7.30. The normalized spacial score (nSPS) is 22.4. The molecule has 3 atom stereocenters. The van der Waals surface area contributed by atoms with Crippen LogP contribution in [0.25, 0.3) is 11.2 Å². The molecule has 2 aromatic heterocycles. The van der Waals surface area contributed by atoms with E-state index in [2.05, 4.69) is 9.88 Å². The highest BCUT2D eigenvalue weighted by molar-refractivity contribution is 5.71. The van der Waals surface area contributed by atoms with Gasteiger partial charge in [-0.25, -0.2) is 9.78 Å². The third kappa shape index (κ3) is 3.70. The van der Waals surface area contributed by atoms with Gasteiger partial charge in [0.2, 0.25) is 0 Å². The lowest BCUT2D eigenvalue weighted by atomic mass is 10.2. The van der Waals surface area contributed by atoms with Gasteiger partial charge in [0, 0.05) is 27.2 Å². The summed E-state index contributed by atoms with van der Waals surface area (Å²) in [7, 11) is 2.97. The summed E-state index contributed by atoms with van der Waals surface area (Å²) in [6, 6.07) is 0. The fourth-order valence-electron chi connectivity index (χ4n) is 3.69. The van der Waals surface area contributed by atoms with E-state index in [4.69, 9.17) is 4.74 Å². The molecule has 0 radical (unpaired) electrons. The Labute approximate surface area is 156 Å². The van der Waals surface area contributed by atoms with E-state index in [-0.39, 0.29) is 29.9 Å². The molecule has 2 aromatic rings. The SMILES string of the molecule is C[C@H]1CN(Cc2nc3c(c(=O)n(C)c(=O)n3C)n2C[C@H](O)CO)C[C@H](C)O1. The maximum atomic E-state index is 12.7. The number of imidazole rings is 1. The third-order valence-corrected chi connectivity index (χ3v) is 4.89. The van der Waals surface area contributed by atoms with E-state index in [1.165, 1.54) is 11.6 Å². The highest BCUT2D eigenvalue weighted by Crippen LogP contribution is 2.17. The van der Waals surface area contributed by atoms with Gasteiger partial charge in [-0.15, -0.1) is 0 Å². The lowest BCUT2D eigenvalue weighted by molar-refractivity contribution is -0.0713. The molecule has 0 spiro atoms. The van der Waals surface area contributed by atoms with Gasteiger partial charge >= 0.3 is 5.69 Å². The van der Waals surface area contributed by atoms with E-state index in [1.807, 2.05) is 13.8 Å². The van der Waals surface area contributed by atoms with Gasteiger partial charge in [0.1, 0.15) is 5.82 Å². The van der Waals surface area contributed by atoms with Gasteiger partial charge in [-0.05, 0) is 13.8 Å². The molecular weight excluding hydrogens is 354 g/mol. The van der Waals surface area contributed by atoms with Gasteiger partial charge in [-0.1, -0.05) is 0 Å². The first-order chi connectivity index (χ1) is 12.7. The molecule has 10 nitrogen and oxygen atoms in total. The first-order valence-corrected chi connectivity index (χ1v) is 9.04.